The largest absolute Gasteiger partial charge is 0.324 e. The highest BCUT2D eigenvalue weighted by molar-refractivity contribution is 6.31. The quantitative estimate of drug-likeness (QED) is 0.669. The van der Waals surface area contributed by atoms with Gasteiger partial charge in [-0.3, -0.25) is 4.79 Å². The highest BCUT2D eigenvalue weighted by Gasteiger charge is 2.10. The van der Waals surface area contributed by atoms with Crippen LogP contribution in [0.15, 0.2) is 54.7 Å². The van der Waals surface area contributed by atoms with E-state index in [9.17, 15) is 4.79 Å². The van der Waals surface area contributed by atoms with Crippen LogP contribution < -0.4 is 10.6 Å². The predicted molar refractivity (Wildman–Crippen MR) is 101 cm³/mol. The molecule has 5 nitrogen and oxygen atoms in total. The Balaban J connectivity index is 1.76. The smallest absolute Gasteiger partial charge is 0.274 e. The summed E-state index contributed by atoms with van der Waals surface area (Å²) in [6, 6.07) is 13.8. The minimum Gasteiger partial charge on any atom is -0.324 e. The monoisotopic (exact) mass is 372 g/mol. The SMILES string of the molecule is Cc1cc(Cl)ccc1Nc1nccc(C(=O)Nc2ccc(Cl)cc2)n1. The molecule has 0 aliphatic carbocycles. The fraction of sp³-hybridized carbons (Fsp3) is 0.0556. The number of carbonyl (C=O) groups excluding carboxylic acids is 1. The Labute approximate surface area is 155 Å². The standard InChI is InChI=1S/C18H14Cl2N4O/c1-11-10-13(20)4-7-15(11)23-18-21-9-8-16(24-18)17(25)22-14-5-2-12(19)3-6-14/h2-10H,1H3,(H,22,25)(H,21,23,24). The first-order valence-electron chi connectivity index (χ1n) is 7.44. The zero-order valence-corrected chi connectivity index (χ0v) is 14.8. The minimum absolute atomic E-state index is 0.249. The number of amides is 1. The van der Waals surface area contributed by atoms with Crippen LogP contribution in [0.1, 0.15) is 16.1 Å². The van der Waals surface area contributed by atoms with E-state index in [1.165, 1.54) is 6.20 Å². The van der Waals surface area contributed by atoms with Gasteiger partial charge >= 0.3 is 0 Å². The molecule has 1 heterocycles. The summed E-state index contributed by atoms with van der Waals surface area (Å²) in [5.41, 5.74) is 2.65. The molecule has 0 aliphatic heterocycles. The molecule has 0 aliphatic rings. The lowest BCUT2D eigenvalue weighted by molar-refractivity contribution is 0.102. The van der Waals surface area contributed by atoms with E-state index in [0.717, 1.165) is 11.3 Å². The number of hydrogen-bond donors (Lipinski definition) is 2. The van der Waals surface area contributed by atoms with Crippen LogP contribution in [0.2, 0.25) is 10.0 Å². The molecule has 3 aromatic rings. The third kappa shape index (κ3) is 4.47. The van der Waals surface area contributed by atoms with E-state index in [0.29, 0.717) is 21.7 Å². The third-order valence-corrected chi connectivity index (χ3v) is 3.91. The van der Waals surface area contributed by atoms with Crippen LogP contribution in [0, 0.1) is 6.92 Å². The minimum atomic E-state index is -0.333. The maximum atomic E-state index is 12.3. The van der Waals surface area contributed by atoms with Crippen molar-refractivity contribution in [2.45, 2.75) is 6.92 Å². The van der Waals surface area contributed by atoms with Crippen molar-refractivity contribution < 1.29 is 4.79 Å². The van der Waals surface area contributed by atoms with Crippen molar-refractivity contribution in [2.24, 2.45) is 0 Å². The van der Waals surface area contributed by atoms with Gasteiger partial charge in [0.1, 0.15) is 5.69 Å². The van der Waals surface area contributed by atoms with Gasteiger partial charge in [-0.2, -0.15) is 0 Å². The Morgan fingerprint density at radius 2 is 1.72 bits per heavy atom. The molecule has 126 valence electrons. The molecule has 3 rings (SSSR count). The van der Waals surface area contributed by atoms with Crippen LogP contribution in [0.4, 0.5) is 17.3 Å². The molecule has 0 spiro atoms. The van der Waals surface area contributed by atoms with Crippen molar-refractivity contribution >= 4 is 46.4 Å². The Bertz CT molecular complexity index is 913. The number of nitrogens with one attached hydrogen (secondary N) is 2. The Hall–Kier alpha value is -2.63. The van der Waals surface area contributed by atoms with E-state index in [4.69, 9.17) is 23.2 Å². The van der Waals surface area contributed by atoms with Gasteiger partial charge in [0.05, 0.1) is 0 Å². The number of hydrogen-bond acceptors (Lipinski definition) is 4. The van der Waals surface area contributed by atoms with Crippen molar-refractivity contribution in [1.29, 1.82) is 0 Å². The third-order valence-electron chi connectivity index (χ3n) is 3.43. The van der Waals surface area contributed by atoms with E-state index in [-0.39, 0.29) is 11.6 Å². The second-order valence-corrected chi connectivity index (χ2v) is 6.18. The molecule has 1 amide bonds. The number of anilines is 3. The van der Waals surface area contributed by atoms with Gasteiger partial charge in [0.15, 0.2) is 0 Å². The molecular weight excluding hydrogens is 359 g/mol. The Kier molecular flexibility index (Phi) is 5.16. The van der Waals surface area contributed by atoms with E-state index in [1.807, 2.05) is 19.1 Å². The molecule has 0 unspecified atom stereocenters. The predicted octanol–water partition coefficient (Wildman–Crippen LogP) is 5.09. The first-order valence-corrected chi connectivity index (χ1v) is 8.20. The van der Waals surface area contributed by atoms with Gasteiger partial charge in [-0.25, -0.2) is 9.97 Å². The Morgan fingerprint density at radius 3 is 2.44 bits per heavy atom. The molecule has 0 atom stereocenters. The lowest BCUT2D eigenvalue weighted by atomic mass is 10.2. The highest BCUT2D eigenvalue weighted by Crippen LogP contribution is 2.22. The second-order valence-electron chi connectivity index (χ2n) is 5.31. The summed E-state index contributed by atoms with van der Waals surface area (Å²) in [7, 11) is 0. The normalized spacial score (nSPS) is 10.4. The second kappa shape index (κ2) is 7.51. The van der Waals surface area contributed by atoms with E-state index >= 15 is 0 Å². The summed E-state index contributed by atoms with van der Waals surface area (Å²) < 4.78 is 0. The number of carbonyl (C=O) groups is 1. The summed E-state index contributed by atoms with van der Waals surface area (Å²) in [6.45, 7) is 1.92. The summed E-state index contributed by atoms with van der Waals surface area (Å²) in [4.78, 5) is 20.7. The molecule has 0 bridgehead atoms. The van der Waals surface area contributed by atoms with Gasteiger partial charge < -0.3 is 10.6 Å². The van der Waals surface area contributed by atoms with Crippen LogP contribution in [0.5, 0.6) is 0 Å². The zero-order valence-electron chi connectivity index (χ0n) is 13.3. The van der Waals surface area contributed by atoms with Crippen molar-refractivity contribution in [3.8, 4) is 0 Å². The number of rotatable bonds is 4. The maximum Gasteiger partial charge on any atom is 0.274 e. The lowest BCUT2D eigenvalue weighted by Gasteiger charge is -2.09. The average molecular weight is 373 g/mol. The fourth-order valence-corrected chi connectivity index (χ4v) is 2.51. The van der Waals surface area contributed by atoms with Crippen molar-refractivity contribution in [2.75, 3.05) is 10.6 Å². The van der Waals surface area contributed by atoms with Gasteiger partial charge in [0.25, 0.3) is 5.91 Å². The van der Waals surface area contributed by atoms with Crippen LogP contribution >= 0.6 is 23.2 Å². The number of aromatic nitrogens is 2. The van der Waals surface area contributed by atoms with Crippen molar-refractivity contribution in [3.05, 3.63) is 76.0 Å². The zero-order chi connectivity index (χ0) is 17.8. The van der Waals surface area contributed by atoms with Crippen LogP contribution in [-0.4, -0.2) is 15.9 Å². The molecule has 2 N–H and O–H groups in total. The van der Waals surface area contributed by atoms with E-state index in [1.54, 1.807) is 36.4 Å². The van der Waals surface area contributed by atoms with Gasteiger partial charge in [-0.15, -0.1) is 0 Å². The molecule has 2 aromatic carbocycles. The maximum absolute atomic E-state index is 12.3. The Morgan fingerprint density at radius 1 is 1.00 bits per heavy atom. The molecule has 0 radical (unpaired) electrons. The highest BCUT2D eigenvalue weighted by atomic mass is 35.5. The van der Waals surface area contributed by atoms with Crippen molar-refractivity contribution in [1.82, 2.24) is 9.97 Å². The molecule has 25 heavy (non-hydrogen) atoms. The first-order chi connectivity index (χ1) is 12.0. The summed E-state index contributed by atoms with van der Waals surface area (Å²) in [6.07, 6.45) is 1.53. The average Bonchev–Trinajstić information content (AvgIpc) is 2.60. The molecular formula is C18H14Cl2N4O. The number of halogens is 2. The number of nitrogens with zero attached hydrogens (tertiary/aromatic N) is 2. The van der Waals surface area contributed by atoms with Crippen molar-refractivity contribution in [3.63, 3.8) is 0 Å². The van der Waals surface area contributed by atoms with E-state index < -0.39 is 0 Å². The molecule has 1 aromatic heterocycles. The van der Waals surface area contributed by atoms with E-state index in [2.05, 4.69) is 20.6 Å². The molecule has 0 saturated carbocycles. The van der Waals surface area contributed by atoms with Gasteiger partial charge in [0, 0.05) is 27.6 Å². The van der Waals surface area contributed by atoms with Crippen LogP contribution in [-0.2, 0) is 0 Å². The fourth-order valence-electron chi connectivity index (χ4n) is 2.16. The summed E-state index contributed by atoms with van der Waals surface area (Å²) in [5.74, 6) is -0.00483. The summed E-state index contributed by atoms with van der Waals surface area (Å²) >= 11 is 11.8. The van der Waals surface area contributed by atoms with Gasteiger partial charge in [-0.1, -0.05) is 23.2 Å². The van der Waals surface area contributed by atoms with Gasteiger partial charge in [-0.05, 0) is 61.0 Å². The first kappa shape index (κ1) is 17.2. The molecule has 0 saturated heterocycles. The summed E-state index contributed by atoms with van der Waals surface area (Å²) in [5, 5.41) is 7.10. The molecule has 0 fully saturated rings. The number of aryl methyl sites for hydroxylation is 1. The van der Waals surface area contributed by atoms with Crippen LogP contribution in [0.3, 0.4) is 0 Å². The lowest BCUT2D eigenvalue weighted by Crippen LogP contribution is -2.14. The topological polar surface area (TPSA) is 66.9 Å². The van der Waals surface area contributed by atoms with Gasteiger partial charge in [0.2, 0.25) is 5.95 Å². The number of benzene rings is 2. The molecule has 7 heteroatoms. The van der Waals surface area contributed by atoms with Crippen LogP contribution in [0.25, 0.3) is 0 Å².